The molecule has 0 bridgehead atoms. The van der Waals surface area contributed by atoms with Gasteiger partial charge in [0.15, 0.2) is 0 Å². The van der Waals surface area contributed by atoms with Gasteiger partial charge in [-0.15, -0.1) is 11.3 Å². The van der Waals surface area contributed by atoms with Crippen LogP contribution in [0.3, 0.4) is 0 Å². The van der Waals surface area contributed by atoms with E-state index in [9.17, 15) is 0 Å². The molecule has 13 heavy (non-hydrogen) atoms. The molecule has 1 aliphatic carbocycles. The first-order valence-electron chi connectivity index (χ1n) is 4.68. The van der Waals surface area contributed by atoms with Gasteiger partial charge in [-0.05, 0) is 25.7 Å². The highest BCUT2D eigenvalue weighted by Gasteiger charge is 2.12. The van der Waals surface area contributed by atoms with Crippen LogP contribution in [0.1, 0.15) is 37.4 Å². The molecule has 2 nitrogen and oxygen atoms in total. The Hall–Kier alpha value is -0.670. The zero-order valence-corrected chi connectivity index (χ0v) is 8.39. The van der Waals surface area contributed by atoms with Crippen LogP contribution in [0.4, 0.5) is 0 Å². The number of nitrogens with zero attached hydrogens (tertiary/aromatic N) is 1. The van der Waals surface area contributed by atoms with E-state index in [1.54, 1.807) is 11.3 Å². The van der Waals surface area contributed by atoms with E-state index in [0.717, 1.165) is 12.1 Å². The third-order valence-corrected chi connectivity index (χ3v) is 3.05. The van der Waals surface area contributed by atoms with E-state index in [4.69, 9.17) is 5.73 Å². The molecule has 0 aromatic carbocycles. The molecular weight excluding hydrogens is 180 g/mol. The number of hydrogen-bond donors (Lipinski definition) is 1. The lowest BCUT2D eigenvalue weighted by atomic mass is 10.0. The molecule has 2 N–H and O–H groups in total. The van der Waals surface area contributed by atoms with Crippen molar-refractivity contribution in [1.82, 2.24) is 4.98 Å². The number of allylic oxidation sites excluding steroid dienone is 1. The minimum Gasteiger partial charge on any atom is -0.322 e. The van der Waals surface area contributed by atoms with Gasteiger partial charge in [-0.1, -0.05) is 11.6 Å². The van der Waals surface area contributed by atoms with Gasteiger partial charge in [-0.25, -0.2) is 4.98 Å². The molecule has 1 aromatic heterocycles. The van der Waals surface area contributed by atoms with Gasteiger partial charge in [0.1, 0.15) is 0 Å². The molecule has 1 unspecified atom stereocenters. The van der Waals surface area contributed by atoms with E-state index < -0.39 is 0 Å². The lowest BCUT2D eigenvalue weighted by molar-refractivity contribution is 0.681. The van der Waals surface area contributed by atoms with E-state index in [2.05, 4.69) is 11.1 Å². The molecule has 1 atom stereocenters. The van der Waals surface area contributed by atoms with Crippen molar-refractivity contribution in [3.8, 4) is 0 Å². The quantitative estimate of drug-likeness (QED) is 0.751. The average molecular weight is 194 g/mol. The van der Waals surface area contributed by atoms with Crippen molar-refractivity contribution < 1.29 is 0 Å². The summed E-state index contributed by atoms with van der Waals surface area (Å²) < 4.78 is 0. The third kappa shape index (κ3) is 2.17. The van der Waals surface area contributed by atoms with Crippen LogP contribution in [-0.2, 0) is 0 Å². The lowest BCUT2D eigenvalue weighted by Gasteiger charge is -2.08. The van der Waals surface area contributed by atoms with Crippen molar-refractivity contribution in [2.75, 3.05) is 0 Å². The van der Waals surface area contributed by atoms with Gasteiger partial charge in [0.2, 0.25) is 0 Å². The van der Waals surface area contributed by atoms with Crippen molar-refractivity contribution in [3.05, 3.63) is 28.2 Å². The van der Waals surface area contributed by atoms with E-state index in [1.807, 2.05) is 10.9 Å². The first-order chi connectivity index (χ1) is 6.36. The number of rotatable bonds is 3. The van der Waals surface area contributed by atoms with E-state index in [0.29, 0.717) is 0 Å². The molecule has 1 heterocycles. The van der Waals surface area contributed by atoms with Crippen LogP contribution in [0.2, 0.25) is 0 Å². The largest absolute Gasteiger partial charge is 0.322 e. The smallest absolute Gasteiger partial charge is 0.0795 e. The van der Waals surface area contributed by atoms with Gasteiger partial charge in [0, 0.05) is 5.38 Å². The summed E-state index contributed by atoms with van der Waals surface area (Å²) in [5.41, 5.74) is 10.4. The Labute approximate surface area is 82.5 Å². The van der Waals surface area contributed by atoms with Crippen molar-refractivity contribution in [2.45, 2.75) is 31.7 Å². The molecule has 2 rings (SSSR count). The normalized spacial score (nSPS) is 18.7. The highest BCUT2D eigenvalue weighted by molar-refractivity contribution is 7.07. The second-order valence-electron chi connectivity index (χ2n) is 3.48. The number of nitrogens with two attached hydrogens (primary N) is 1. The van der Waals surface area contributed by atoms with Gasteiger partial charge in [0.25, 0.3) is 0 Å². The fourth-order valence-electron chi connectivity index (χ4n) is 1.71. The van der Waals surface area contributed by atoms with Crippen LogP contribution in [0.25, 0.3) is 0 Å². The molecule has 3 heteroatoms. The summed E-state index contributed by atoms with van der Waals surface area (Å²) in [4.78, 5) is 4.22. The Morgan fingerprint density at radius 1 is 1.62 bits per heavy atom. The fourth-order valence-corrected chi connectivity index (χ4v) is 2.33. The molecule has 0 saturated heterocycles. The molecule has 0 aliphatic heterocycles. The molecular formula is C10H14N2S. The van der Waals surface area contributed by atoms with Crippen molar-refractivity contribution >= 4 is 11.3 Å². The van der Waals surface area contributed by atoms with Crippen LogP contribution in [-0.4, -0.2) is 4.98 Å². The van der Waals surface area contributed by atoms with Crippen LogP contribution in [0.5, 0.6) is 0 Å². The first kappa shape index (κ1) is 8.91. The second-order valence-corrected chi connectivity index (χ2v) is 4.20. The molecule has 0 spiro atoms. The minimum atomic E-state index is 0.107. The summed E-state index contributed by atoms with van der Waals surface area (Å²) in [5, 5.41) is 2.04. The van der Waals surface area contributed by atoms with Crippen LogP contribution in [0, 0.1) is 0 Å². The topological polar surface area (TPSA) is 38.9 Å². The monoisotopic (exact) mass is 194 g/mol. The molecule has 0 amide bonds. The maximum atomic E-state index is 6.02. The van der Waals surface area contributed by atoms with Crippen LogP contribution >= 0.6 is 11.3 Å². The van der Waals surface area contributed by atoms with E-state index >= 15 is 0 Å². The predicted molar refractivity (Wildman–Crippen MR) is 55.6 cm³/mol. The van der Waals surface area contributed by atoms with Crippen molar-refractivity contribution in [1.29, 1.82) is 0 Å². The summed E-state index contributed by atoms with van der Waals surface area (Å²) in [7, 11) is 0. The van der Waals surface area contributed by atoms with Gasteiger partial charge in [-0.3, -0.25) is 0 Å². The average Bonchev–Trinajstić information content (AvgIpc) is 2.74. The standard InChI is InChI=1S/C10H14N2S/c11-9(10-6-13-7-12-10)5-8-3-1-2-4-8/h3,6-7,9H,1-2,4-5,11H2. The third-order valence-electron chi connectivity index (χ3n) is 2.45. The number of aromatic nitrogens is 1. The summed E-state index contributed by atoms with van der Waals surface area (Å²) >= 11 is 1.62. The van der Waals surface area contributed by atoms with Gasteiger partial charge in [0.05, 0.1) is 17.2 Å². The Morgan fingerprint density at radius 2 is 2.54 bits per heavy atom. The SMILES string of the molecule is NC(CC1=CCCC1)c1cscn1. The van der Waals surface area contributed by atoms with Crippen molar-refractivity contribution in [3.63, 3.8) is 0 Å². The maximum Gasteiger partial charge on any atom is 0.0795 e. The molecule has 1 aliphatic rings. The first-order valence-corrected chi connectivity index (χ1v) is 5.62. The number of hydrogen-bond acceptors (Lipinski definition) is 3. The molecule has 0 radical (unpaired) electrons. The summed E-state index contributed by atoms with van der Waals surface area (Å²) in [6, 6.07) is 0.107. The summed E-state index contributed by atoms with van der Waals surface area (Å²) in [6.07, 6.45) is 7.09. The van der Waals surface area contributed by atoms with Gasteiger partial charge in [-0.2, -0.15) is 0 Å². The number of thiazole rings is 1. The van der Waals surface area contributed by atoms with E-state index in [-0.39, 0.29) is 6.04 Å². The van der Waals surface area contributed by atoms with Gasteiger partial charge >= 0.3 is 0 Å². The van der Waals surface area contributed by atoms with Gasteiger partial charge < -0.3 is 5.73 Å². The zero-order chi connectivity index (χ0) is 9.10. The molecule has 1 aromatic rings. The molecule has 70 valence electrons. The predicted octanol–water partition coefficient (Wildman–Crippen LogP) is 2.64. The molecule has 0 fully saturated rings. The maximum absolute atomic E-state index is 6.02. The molecule has 0 saturated carbocycles. The second kappa shape index (κ2) is 4.03. The Morgan fingerprint density at radius 3 is 3.15 bits per heavy atom. The summed E-state index contributed by atoms with van der Waals surface area (Å²) in [6.45, 7) is 0. The van der Waals surface area contributed by atoms with Crippen LogP contribution < -0.4 is 5.73 Å². The lowest BCUT2D eigenvalue weighted by Crippen LogP contribution is -2.10. The minimum absolute atomic E-state index is 0.107. The Kier molecular flexibility index (Phi) is 2.76. The van der Waals surface area contributed by atoms with Crippen LogP contribution in [0.15, 0.2) is 22.5 Å². The Balaban J connectivity index is 1.95. The van der Waals surface area contributed by atoms with E-state index in [1.165, 1.54) is 24.8 Å². The zero-order valence-electron chi connectivity index (χ0n) is 7.57. The Bertz CT molecular complexity index is 290. The summed E-state index contributed by atoms with van der Waals surface area (Å²) in [5.74, 6) is 0. The van der Waals surface area contributed by atoms with Crippen molar-refractivity contribution in [2.24, 2.45) is 5.73 Å². The highest BCUT2D eigenvalue weighted by atomic mass is 32.1. The highest BCUT2D eigenvalue weighted by Crippen LogP contribution is 2.26. The fraction of sp³-hybridized carbons (Fsp3) is 0.500.